The van der Waals surface area contributed by atoms with Crippen LogP contribution in [0.2, 0.25) is 0 Å². The summed E-state index contributed by atoms with van der Waals surface area (Å²) in [6.45, 7) is 3.88. The topological polar surface area (TPSA) is 114 Å². The number of aromatic nitrogens is 3. The molecule has 1 fully saturated rings. The molecule has 2 rings (SSSR count). The van der Waals surface area contributed by atoms with Gasteiger partial charge in [0.05, 0.1) is 12.2 Å². The highest BCUT2D eigenvalue weighted by atomic mass is 16.4. The maximum Gasteiger partial charge on any atom is 0.358 e. The third-order valence-corrected chi connectivity index (χ3v) is 3.83. The largest absolute Gasteiger partial charge is 0.476 e. The molecule has 116 valence electrons. The first-order chi connectivity index (χ1) is 10.0. The normalized spacial score (nSPS) is 16.6. The van der Waals surface area contributed by atoms with Gasteiger partial charge in [-0.25, -0.2) is 9.48 Å². The van der Waals surface area contributed by atoms with Crippen molar-refractivity contribution in [3.63, 3.8) is 0 Å². The average molecular weight is 295 g/mol. The Kier molecular flexibility index (Phi) is 4.89. The zero-order valence-corrected chi connectivity index (χ0v) is 12.1. The fourth-order valence-corrected chi connectivity index (χ4v) is 2.34. The molecule has 0 saturated carbocycles. The fraction of sp³-hybridized carbons (Fsp3) is 0.692. The van der Waals surface area contributed by atoms with Crippen molar-refractivity contribution < 1.29 is 14.7 Å². The molecule has 1 aromatic rings. The van der Waals surface area contributed by atoms with Crippen LogP contribution in [0.15, 0.2) is 6.20 Å². The van der Waals surface area contributed by atoms with Crippen LogP contribution < -0.4 is 5.73 Å². The maximum absolute atomic E-state index is 12.0. The molecule has 0 bridgehead atoms. The highest BCUT2D eigenvalue weighted by molar-refractivity contribution is 5.84. The van der Waals surface area contributed by atoms with E-state index in [0.717, 1.165) is 12.8 Å². The number of amides is 1. The third-order valence-electron chi connectivity index (χ3n) is 3.83. The Morgan fingerprint density at radius 3 is 2.76 bits per heavy atom. The lowest BCUT2D eigenvalue weighted by Crippen LogP contribution is -2.50. The number of carbonyl (C=O) groups excluding carboxylic acids is 1. The maximum atomic E-state index is 12.0. The van der Waals surface area contributed by atoms with E-state index < -0.39 is 5.97 Å². The van der Waals surface area contributed by atoms with Gasteiger partial charge in [0, 0.05) is 19.5 Å². The second kappa shape index (κ2) is 6.66. The van der Waals surface area contributed by atoms with Crippen LogP contribution in [0, 0.1) is 5.92 Å². The molecule has 8 nitrogen and oxygen atoms in total. The van der Waals surface area contributed by atoms with Gasteiger partial charge in [0.1, 0.15) is 0 Å². The Labute approximate surface area is 122 Å². The number of hydrogen-bond acceptors (Lipinski definition) is 5. The number of carbonyl (C=O) groups is 2. The molecule has 1 amide bonds. The Balaban J connectivity index is 1.75. The Morgan fingerprint density at radius 1 is 1.48 bits per heavy atom. The molecule has 1 aromatic heterocycles. The van der Waals surface area contributed by atoms with Crippen molar-refractivity contribution in [3.8, 4) is 0 Å². The van der Waals surface area contributed by atoms with Crippen LogP contribution in [0.5, 0.6) is 0 Å². The summed E-state index contributed by atoms with van der Waals surface area (Å²) in [4.78, 5) is 24.5. The predicted octanol–water partition coefficient (Wildman–Crippen LogP) is 0.125. The minimum absolute atomic E-state index is 0.0241. The first-order valence-electron chi connectivity index (χ1n) is 7.14. The monoisotopic (exact) mass is 295 g/mol. The fourth-order valence-electron chi connectivity index (χ4n) is 2.34. The lowest BCUT2D eigenvalue weighted by atomic mass is 10.0. The summed E-state index contributed by atoms with van der Waals surface area (Å²) in [6, 6.07) is 0.0241. The lowest BCUT2D eigenvalue weighted by Gasteiger charge is -2.39. The molecule has 0 radical (unpaired) electrons. The van der Waals surface area contributed by atoms with Crippen LogP contribution in [-0.2, 0) is 4.79 Å². The number of aromatic carboxylic acids is 1. The summed E-state index contributed by atoms with van der Waals surface area (Å²) in [6.07, 6.45) is 3.72. The van der Waals surface area contributed by atoms with E-state index in [9.17, 15) is 9.59 Å². The summed E-state index contributed by atoms with van der Waals surface area (Å²) >= 11 is 0. The molecule has 1 aliphatic heterocycles. The van der Waals surface area contributed by atoms with E-state index in [4.69, 9.17) is 10.8 Å². The average Bonchev–Trinajstić information content (AvgIpc) is 2.84. The Morgan fingerprint density at radius 2 is 2.19 bits per heavy atom. The zero-order valence-electron chi connectivity index (χ0n) is 12.1. The van der Waals surface area contributed by atoms with Gasteiger partial charge >= 0.3 is 5.97 Å². The molecule has 2 heterocycles. The first-order valence-corrected chi connectivity index (χ1v) is 7.14. The van der Waals surface area contributed by atoms with Gasteiger partial charge in [0.25, 0.3) is 0 Å². The van der Waals surface area contributed by atoms with Crippen molar-refractivity contribution >= 4 is 11.9 Å². The number of rotatable bonds is 7. The zero-order chi connectivity index (χ0) is 15.4. The second-order valence-electron chi connectivity index (χ2n) is 5.56. The van der Waals surface area contributed by atoms with Gasteiger partial charge in [-0.05, 0) is 25.3 Å². The van der Waals surface area contributed by atoms with Gasteiger partial charge in [-0.2, -0.15) is 0 Å². The number of nitrogens with zero attached hydrogens (tertiary/aromatic N) is 4. The minimum atomic E-state index is -1.10. The van der Waals surface area contributed by atoms with Crippen LogP contribution in [0.3, 0.4) is 0 Å². The van der Waals surface area contributed by atoms with Crippen LogP contribution in [-0.4, -0.2) is 56.5 Å². The molecular weight excluding hydrogens is 274 g/mol. The third kappa shape index (κ3) is 3.78. The molecule has 0 aromatic carbocycles. The van der Waals surface area contributed by atoms with Crippen molar-refractivity contribution in [2.24, 2.45) is 11.7 Å². The molecule has 3 N–H and O–H groups in total. The van der Waals surface area contributed by atoms with E-state index in [1.807, 2.05) is 0 Å². The Bertz CT molecular complexity index is 510. The molecule has 0 spiro atoms. The van der Waals surface area contributed by atoms with Gasteiger partial charge in [0.2, 0.25) is 5.91 Å². The molecular formula is C13H21N5O3. The van der Waals surface area contributed by atoms with E-state index in [1.165, 1.54) is 10.9 Å². The molecule has 1 aliphatic rings. The van der Waals surface area contributed by atoms with E-state index in [2.05, 4.69) is 17.2 Å². The number of nitrogens with two attached hydrogens (primary N) is 1. The minimum Gasteiger partial charge on any atom is -0.476 e. The summed E-state index contributed by atoms with van der Waals surface area (Å²) in [7, 11) is 0. The van der Waals surface area contributed by atoms with E-state index in [1.54, 1.807) is 4.90 Å². The van der Waals surface area contributed by atoms with Crippen LogP contribution >= 0.6 is 0 Å². The number of likely N-dealkylation sites (tertiary alicyclic amines) is 1. The summed E-state index contributed by atoms with van der Waals surface area (Å²) in [5.41, 5.74) is 5.41. The highest BCUT2D eigenvalue weighted by Gasteiger charge is 2.32. The van der Waals surface area contributed by atoms with Gasteiger partial charge in [-0.3, -0.25) is 4.79 Å². The first kappa shape index (κ1) is 15.4. The smallest absolute Gasteiger partial charge is 0.358 e. The van der Waals surface area contributed by atoms with Crippen molar-refractivity contribution in [1.29, 1.82) is 0 Å². The van der Waals surface area contributed by atoms with Gasteiger partial charge < -0.3 is 15.7 Å². The number of carboxylic acids is 1. The highest BCUT2D eigenvalue weighted by Crippen LogP contribution is 2.22. The predicted molar refractivity (Wildman–Crippen MR) is 74.7 cm³/mol. The van der Waals surface area contributed by atoms with Crippen molar-refractivity contribution in [1.82, 2.24) is 19.9 Å². The van der Waals surface area contributed by atoms with Crippen LogP contribution in [0.1, 0.15) is 42.7 Å². The van der Waals surface area contributed by atoms with Crippen molar-refractivity contribution in [3.05, 3.63) is 11.9 Å². The number of hydrogen-bond donors (Lipinski definition) is 2. The lowest BCUT2D eigenvalue weighted by molar-refractivity contribution is -0.137. The van der Waals surface area contributed by atoms with E-state index >= 15 is 0 Å². The quantitative estimate of drug-likeness (QED) is 0.738. The molecule has 1 unspecified atom stereocenters. The second-order valence-corrected chi connectivity index (χ2v) is 5.56. The molecule has 21 heavy (non-hydrogen) atoms. The summed E-state index contributed by atoms with van der Waals surface area (Å²) in [5.74, 6) is -0.499. The Hall–Kier alpha value is -1.96. The molecule has 1 atom stereocenters. The molecule has 1 saturated heterocycles. The summed E-state index contributed by atoms with van der Waals surface area (Å²) in [5, 5.41) is 16.1. The standard InChI is InChI=1S/C13H21N5O3/c1-9(4-5-14)2-3-12(19)17-6-10(7-17)18-8-11(13(20)21)15-16-18/h8-10H,2-7,14H2,1H3,(H,20,21). The van der Waals surface area contributed by atoms with Crippen LogP contribution in [0.25, 0.3) is 0 Å². The van der Waals surface area contributed by atoms with Gasteiger partial charge in [0.15, 0.2) is 5.69 Å². The SMILES string of the molecule is CC(CCN)CCC(=O)N1CC(n2cc(C(=O)O)nn2)C1. The van der Waals surface area contributed by atoms with Crippen molar-refractivity contribution in [2.75, 3.05) is 19.6 Å². The molecule has 0 aliphatic carbocycles. The van der Waals surface area contributed by atoms with Gasteiger partial charge in [-0.15, -0.1) is 5.10 Å². The van der Waals surface area contributed by atoms with Gasteiger partial charge in [-0.1, -0.05) is 12.1 Å². The van der Waals surface area contributed by atoms with Crippen LogP contribution in [0.4, 0.5) is 0 Å². The van der Waals surface area contributed by atoms with E-state index in [0.29, 0.717) is 32.0 Å². The number of carboxylic acid groups (broad SMARTS) is 1. The summed E-state index contributed by atoms with van der Waals surface area (Å²) < 4.78 is 1.52. The van der Waals surface area contributed by atoms with E-state index in [-0.39, 0.29) is 17.6 Å². The molecule has 8 heteroatoms. The van der Waals surface area contributed by atoms with Crippen molar-refractivity contribution in [2.45, 2.75) is 32.2 Å².